The predicted molar refractivity (Wildman–Crippen MR) is 62.1 cm³/mol. The minimum Gasteiger partial charge on any atom is -0.330 e. The van der Waals surface area contributed by atoms with Crippen LogP contribution in [-0.2, 0) is 0 Å². The summed E-state index contributed by atoms with van der Waals surface area (Å²) in [5.74, 6) is 0. The summed E-state index contributed by atoms with van der Waals surface area (Å²) in [6.07, 6.45) is 3.75. The molecule has 0 aliphatic rings. The van der Waals surface area contributed by atoms with Gasteiger partial charge in [0.15, 0.2) is 0 Å². The Morgan fingerprint density at radius 3 is 2.38 bits per heavy atom. The third-order valence-corrected chi connectivity index (χ3v) is 4.83. The molecule has 2 heteroatoms. The molecule has 0 fully saturated rings. The number of hydrogen-bond donors (Lipinski definition) is 1. The van der Waals surface area contributed by atoms with Crippen molar-refractivity contribution in [1.29, 1.82) is 0 Å². The van der Waals surface area contributed by atoms with Gasteiger partial charge in [-0.25, -0.2) is 0 Å². The highest BCUT2D eigenvalue weighted by Crippen LogP contribution is 2.33. The number of hydrogen-bond acceptors (Lipinski definition) is 1. The predicted octanol–water partition coefficient (Wildman–Crippen LogP) is 2.16. The maximum Gasteiger partial charge on any atom is -0.00348 e. The molecule has 72 valence electrons. The fraction of sp³-hybridized carbons (Fsp3) is 0.455. The molecule has 0 aliphatic carbocycles. The fourth-order valence-corrected chi connectivity index (χ4v) is 3.62. The monoisotopic (exact) mass is 195 g/mol. The standard InChI is InChI=1S/C11H18NP/c1-2-9-13(10-8-12)11-6-4-3-5-7-11/h3-7H,2,8-10,12H2,1H3. The van der Waals surface area contributed by atoms with Gasteiger partial charge in [0.05, 0.1) is 0 Å². The second-order valence-electron chi connectivity index (χ2n) is 3.11. The molecule has 0 saturated heterocycles. The van der Waals surface area contributed by atoms with Gasteiger partial charge < -0.3 is 5.73 Å². The van der Waals surface area contributed by atoms with Crippen LogP contribution < -0.4 is 11.0 Å². The second kappa shape index (κ2) is 6.12. The van der Waals surface area contributed by atoms with Crippen LogP contribution in [0.3, 0.4) is 0 Å². The van der Waals surface area contributed by atoms with Crippen molar-refractivity contribution in [1.82, 2.24) is 0 Å². The minimum atomic E-state index is 0.0190. The van der Waals surface area contributed by atoms with E-state index in [2.05, 4.69) is 37.3 Å². The van der Waals surface area contributed by atoms with Crippen molar-refractivity contribution >= 4 is 13.2 Å². The molecule has 0 aliphatic heterocycles. The topological polar surface area (TPSA) is 26.0 Å². The number of nitrogens with two attached hydrogens (primary N) is 1. The van der Waals surface area contributed by atoms with Gasteiger partial charge in [-0.2, -0.15) is 0 Å². The van der Waals surface area contributed by atoms with E-state index >= 15 is 0 Å². The average molecular weight is 195 g/mol. The Labute approximate surface area is 82.1 Å². The number of benzene rings is 1. The van der Waals surface area contributed by atoms with Crippen molar-refractivity contribution in [3.63, 3.8) is 0 Å². The molecule has 0 spiro atoms. The van der Waals surface area contributed by atoms with Crippen LogP contribution in [0.2, 0.25) is 0 Å². The smallest absolute Gasteiger partial charge is 0.00348 e. The Morgan fingerprint density at radius 2 is 1.85 bits per heavy atom. The van der Waals surface area contributed by atoms with Crippen LogP contribution in [0.4, 0.5) is 0 Å². The van der Waals surface area contributed by atoms with Gasteiger partial charge in [0.1, 0.15) is 0 Å². The SMILES string of the molecule is CCCP(CCN)c1ccccc1. The lowest BCUT2D eigenvalue weighted by atomic mass is 10.4. The highest BCUT2D eigenvalue weighted by atomic mass is 31.1. The van der Waals surface area contributed by atoms with E-state index in [4.69, 9.17) is 5.73 Å². The molecule has 1 unspecified atom stereocenters. The molecule has 13 heavy (non-hydrogen) atoms. The minimum absolute atomic E-state index is 0.0190. The molecule has 1 aromatic carbocycles. The zero-order valence-electron chi connectivity index (χ0n) is 8.24. The highest BCUT2D eigenvalue weighted by molar-refractivity contribution is 7.65. The summed E-state index contributed by atoms with van der Waals surface area (Å²) in [4.78, 5) is 0. The van der Waals surface area contributed by atoms with E-state index in [0.29, 0.717) is 0 Å². The average Bonchev–Trinajstić information content (AvgIpc) is 2.19. The van der Waals surface area contributed by atoms with Crippen LogP contribution in [0.15, 0.2) is 30.3 Å². The third-order valence-electron chi connectivity index (χ3n) is 2.01. The molecule has 2 N–H and O–H groups in total. The van der Waals surface area contributed by atoms with E-state index in [9.17, 15) is 0 Å². The van der Waals surface area contributed by atoms with E-state index in [1.165, 1.54) is 24.0 Å². The Hall–Kier alpha value is -0.390. The lowest BCUT2D eigenvalue weighted by molar-refractivity contribution is 1.08. The summed E-state index contributed by atoms with van der Waals surface area (Å²) in [6.45, 7) is 3.06. The molecule has 0 saturated carbocycles. The first kappa shape index (κ1) is 10.7. The van der Waals surface area contributed by atoms with E-state index in [1.54, 1.807) is 0 Å². The summed E-state index contributed by atoms with van der Waals surface area (Å²) >= 11 is 0. The summed E-state index contributed by atoms with van der Waals surface area (Å²) < 4.78 is 0. The molecular weight excluding hydrogens is 177 g/mol. The summed E-state index contributed by atoms with van der Waals surface area (Å²) in [6, 6.07) is 10.8. The molecule has 1 atom stereocenters. The van der Waals surface area contributed by atoms with E-state index in [0.717, 1.165) is 6.54 Å². The van der Waals surface area contributed by atoms with Crippen LogP contribution in [0, 0.1) is 0 Å². The maximum atomic E-state index is 5.61. The van der Waals surface area contributed by atoms with Crippen molar-refractivity contribution in [3.8, 4) is 0 Å². The van der Waals surface area contributed by atoms with Gasteiger partial charge in [-0.15, -0.1) is 0 Å². The first-order valence-corrected chi connectivity index (χ1v) is 6.59. The van der Waals surface area contributed by atoms with Crippen molar-refractivity contribution in [3.05, 3.63) is 30.3 Å². The number of rotatable bonds is 5. The first-order chi connectivity index (χ1) is 6.38. The van der Waals surface area contributed by atoms with Crippen molar-refractivity contribution in [2.24, 2.45) is 5.73 Å². The molecule has 0 heterocycles. The molecule has 1 aromatic rings. The zero-order chi connectivity index (χ0) is 9.52. The van der Waals surface area contributed by atoms with Gasteiger partial charge in [-0.05, 0) is 24.2 Å². The summed E-state index contributed by atoms with van der Waals surface area (Å²) in [5, 5.41) is 1.50. The Morgan fingerprint density at radius 1 is 1.15 bits per heavy atom. The molecule has 0 aromatic heterocycles. The normalized spacial score (nSPS) is 12.8. The molecule has 0 radical (unpaired) electrons. The van der Waals surface area contributed by atoms with Crippen molar-refractivity contribution in [2.75, 3.05) is 18.9 Å². The fourth-order valence-electron chi connectivity index (χ4n) is 1.43. The van der Waals surface area contributed by atoms with Gasteiger partial charge in [0.2, 0.25) is 0 Å². The lowest BCUT2D eigenvalue weighted by Gasteiger charge is -2.15. The Kier molecular flexibility index (Phi) is 5.03. The largest absolute Gasteiger partial charge is 0.330 e. The van der Waals surface area contributed by atoms with Crippen molar-refractivity contribution < 1.29 is 0 Å². The molecule has 0 bridgehead atoms. The van der Waals surface area contributed by atoms with E-state index in [1.807, 2.05) is 0 Å². The molecular formula is C11H18NP. The highest BCUT2D eigenvalue weighted by Gasteiger charge is 2.07. The lowest BCUT2D eigenvalue weighted by Crippen LogP contribution is -2.12. The third kappa shape index (κ3) is 3.46. The van der Waals surface area contributed by atoms with Crippen molar-refractivity contribution in [2.45, 2.75) is 13.3 Å². The summed E-state index contributed by atoms with van der Waals surface area (Å²) in [7, 11) is 0.0190. The van der Waals surface area contributed by atoms with Gasteiger partial charge in [-0.3, -0.25) is 0 Å². The second-order valence-corrected chi connectivity index (χ2v) is 5.60. The van der Waals surface area contributed by atoms with E-state index in [-0.39, 0.29) is 7.92 Å². The van der Waals surface area contributed by atoms with Crippen LogP contribution >= 0.6 is 7.92 Å². The zero-order valence-corrected chi connectivity index (χ0v) is 9.13. The van der Waals surface area contributed by atoms with Crippen LogP contribution in [0.1, 0.15) is 13.3 Å². The van der Waals surface area contributed by atoms with Crippen LogP contribution in [-0.4, -0.2) is 18.9 Å². The molecule has 1 nitrogen and oxygen atoms in total. The first-order valence-electron chi connectivity index (χ1n) is 4.88. The summed E-state index contributed by atoms with van der Waals surface area (Å²) in [5.41, 5.74) is 5.61. The molecule has 0 amide bonds. The van der Waals surface area contributed by atoms with E-state index < -0.39 is 0 Å². The van der Waals surface area contributed by atoms with Gasteiger partial charge in [0.25, 0.3) is 0 Å². The Balaban J connectivity index is 2.64. The van der Waals surface area contributed by atoms with Crippen LogP contribution in [0.25, 0.3) is 0 Å². The van der Waals surface area contributed by atoms with Crippen LogP contribution in [0.5, 0.6) is 0 Å². The Bertz CT molecular complexity index is 217. The quantitative estimate of drug-likeness (QED) is 0.716. The van der Waals surface area contributed by atoms with Gasteiger partial charge in [-0.1, -0.05) is 51.6 Å². The van der Waals surface area contributed by atoms with Gasteiger partial charge in [0, 0.05) is 0 Å². The molecule has 1 rings (SSSR count). The van der Waals surface area contributed by atoms with Gasteiger partial charge >= 0.3 is 0 Å². The maximum absolute atomic E-state index is 5.61.